The van der Waals surface area contributed by atoms with Gasteiger partial charge in [-0.3, -0.25) is 0 Å². The SMILES string of the molecule is C=C/C(C#N)=C(\C(=C/C#N)c1cccc(C#N)c1-n1c2ccccc2c2ccccc21)c1c2ccccc2c(-c2ccccc2)c2ccccc12. The van der Waals surface area contributed by atoms with Gasteiger partial charge in [-0.25, -0.2) is 0 Å². The fourth-order valence-corrected chi connectivity index (χ4v) is 7.54. The van der Waals surface area contributed by atoms with Gasteiger partial charge in [0.05, 0.1) is 40.0 Å². The third-order valence-corrected chi connectivity index (χ3v) is 9.57. The van der Waals surface area contributed by atoms with Crippen LogP contribution in [-0.4, -0.2) is 4.57 Å². The van der Waals surface area contributed by atoms with E-state index in [0.29, 0.717) is 33.5 Å². The van der Waals surface area contributed by atoms with Gasteiger partial charge in [-0.2, -0.15) is 15.8 Å². The van der Waals surface area contributed by atoms with E-state index in [1.54, 1.807) is 12.1 Å². The van der Waals surface area contributed by atoms with Crippen LogP contribution in [0.5, 0.6) is 0 Å². The minimum Gasteiger partial charge on any atom is -0.307 e. The predicted octanol–water partition coefficient (Wildman–Crippen LogP) is 11.7. The van der Waals surface area contributed by atoms with E-state index >= 15 is 0 Å². The van der Waals surface area contributed by atoms with Crippen LogP contribution in [0.25, 0.3) is 71.3 Å². The second-order valence-corrected chi connectivity index (χ2v) is 12.2. The number of fused-ring (bicyclic) bond motifs is 5. The molecule has 0 N–H and O–H groups in total. The number of nitriles is 3. The molecule has 1 aromatic heterocycles. The highest BCUT2D eigenvalue weighted by atomic mass is 15.0. The van der Waals surface area contributed by atoms with Gasteiger partial charge in [-0.1, -0.05) is 140 Å². The van der Waals surface area contributed by atoms with Gasteiger partial charge in [0.15, 0.2) is 0 Å². The second-order valence-electron chi connectivity index (χ2n) is 12.2. The van der Waals surface area contributed by atoms with Crippen molar-refractivity contribution in [3.8, 4) is 35.0 Å². The molecule has 8 aromatic rings. The maximum Gasteiger partial charge on any atom is 0.101 e. The average Bonchev–Trinajstić information content (AvgIpc) is 3.52. The van der Waals surface area contributed by atoms with Crippen molar-refractivity contribution in [3.05, 3.63) is 187 Å². The molecule has 236 valence electrons. The lowest BCUT2D eigenvalue weighted by molar-refractivity contribution is 1.16. The highest BCUT2D eigenvalue weighted by molar-refractivity contribution is 6.25. The van der Waals surface area contributed by atoms with E-state index in [-0.39, 0.29) is 0 Å². The normalized spacial score (nSPS) is 12.0. The zero-order valence-corrected chi connectivity index (χ0v) is 27.5. The van der Waals surface area contributed by atoms with Gasteiger partial charge in [-0.05, 0) is 56.4 Å². The summed E-state index contributed by atoms with van der Waals surface area (Å²) in [7, 11) is 0. The number of para-hydroxylation sites is 3. The molecule has 0 atom stereocenters. The van der Waals surface area contributed by atoms with Gasteiger partial charge in [0.25, 0.3) is 0 Å². The monoisotopic (exact) mass is 648 g/mol. The van der Waals surface area contributed by atoms with E-state index in [4.69, 9.17) is 0 Å². The van der Waals surface area contributed by atoms with Crippen LogP contribution >= 0.6 is 0 Å². The van der Waals surface area contributed by atoms with Crippen molar-refractivity contribution in [1.29, 1.82) is 15.8 Å². The summed E-state index contributed by atoms with van der Waals surface area (Å²) >= 11 is 0. The summed E-state index contributed by atoms with van der Waals surface area (Å²) < 4.78 is 2.11. The van der Waals surface area contributed by atoms with Gasteiger partial charge in [-0.15, -0.1) is 0 Å². The molecule has 4 heteroatoms. The molecule has 0 aliphatic rings. The number of aromatic nitrogens is 1. The van der Waals surface area contributed by atoms with E-state index < -0.39 is 0 Å². The van der Waals surface area contributed by atoms with Gasteiger partial charge >= 0.3 is 0 Å². The van der Waals surface area contributed by atoms with Crippen LogP contribution in [0.15, 0.2) is 170 Å². The minimum atomic E-state index is 0.315. The third kappa shape index (κ3) is 4.90. The Balaban J connectivity index is 1.54. The van der Waals surface area contributed by atoms with Crippen LogP contribution in [0.2, 0.25) is 0 Å². The van der Waals surface area contributed by atoms with E-state index in [1.165, 1.54) is 6.08 Å². The highest BCUT2D eigenvalue weighted by Crippen LogP contribution is 2.48. The van der Waals surface area contributed by atoms with E-state index in [2.05, 4.69) is 77.9 Å². The summed E-state index contributed by atoms with van der Waals surface area (Å²) in [4.78, 5) is 0. The molecule has 0 aliphatic heterocycles. The number of hydrogen-bond donors (Lipinski definition) is 0. The Morgan fingerprint density at radius 3 is 1.63 bits per heavy atom. The van der Waals surface area contributed by atoms with Crippen molar-refractivity contribution in [2.24, 2.45) is 0 Å². The third-order valence-electron chi connectivity index (χ3n) is 9.57. The van der Waals surface area contributed by atoms with Gasteiger partial charge < -0.3 is 4.57 Å². The molecule has 8 rings (SSSR count). The molecular formula is C47H28N4. The fourth-order valence-electron chi connectivity index (χ4n) is 7.54. The molecule has 0 fully saturated rings. The number of benzene rings is 7. The molecule has 0 bridgehead atoms. The van der Waals surface area contributed by atoms with Crippen LogP contribution in [0.1, 0.15) is 16.7 Å². The van der Waals surface area contributed by atoms with Crippen molar-refractivity contribution in [2.75, 3.05) is 0 Å². The van der Waals surface area contributed by atoms with Gasteiger partial charge in [0.1, 0.15) is 6.07 Å². The Bertz CT molecular complexity index is 2790. The van der Waals surface area contributed by atoms with E-state index in [9.17, 15) is 15.8 Å². The molecule has 4 nitrogen and oxygen atoms in total. The van der Waals surface area contributed by atoms with Gasteiger partial charge in [0.2, 0.25) is 0 Å². The minimum absolute atomic E-state index is 0.315. The number of hydrogen-bond acceptors (Lipinski definition) is 3. The average molecular weight is 649 g/mol. The van der Waals surface area contributed by atoms with Crippen molar-refractivity contribution in [3.63, 3.8) is 0 Å². The Morgan fingerprint density at radius 2 is 1.10 bits per heavy atom. The molecule has 0 saturated carbocycles. The van der Waals surface area contributed by atoms with Crippen LogP contribution in [-0.2, 0) is 0 Å². The first kappa shape index (κ1) is 30.9. The first-order chi connectivity index (χ1) is 25.2. The van der Waals surface area contributed by atoms with Crippen LogP contribution in [0.3, 0.4) is 0 Å². The molecule has 0 radical (unpaired) electrons. The molecule has 0 spiro atoms. The Kier molecular flexibility index (Phi) is 7.79. The number of rotatable bonds is 6. The lowest BCUT2D eigenvalue weighted by atomic mass is 9.80. The van der Waals surface area contributed by atoms with Crippen molar-refractivity contribution in [2.45, 2.75) is 0 Å². The predicted molar refractivity (Wildman–Crippen MR) is 209 cm³/mol. The quantitative estimate of drug-likeness (QED) is 0.102. The summed E-state index contributed by atoms with van der Waals surface area (Å²) in [5, 5.41) is 37.9. The highest BCUT2D eigenvalue weighted by Gasteiger charge is 2.26. The lowest BCUT2D eigenvalue weighted by Gasteiger charge is -2.23. The molecule has 0 amide bonds. The number of nitrogens with zero attached hydrogens (tertiary/aromatic N) is 4. The summed E-state index contributed by atoms with van der Waals surface area (Å²) in [6, 6.07) is 55.7. The number of allylic oxidation sites excluding steroid dienone is 5. The van der Waals surface area contributed by atoms with Crippen molar-refractivity contribution in [1.82, 2.24) is 4.57 Å². The summed E-state index contributed by atoms with van der Waals surface area (Å²) in [6.45, 7) is 4.08. The second kappa shape index (κ2) is 12.9. The Hall–Kier alpha value is -7.45. The largest absolute Gasteiger partial charge is 0.307 e. The molecule has 0 saturated heterocycles. The molecule has 0 aliphatic carbocycles. The first-order valence-corrected chi connectivity index (χ1v) is 16.6. The molecule has 51 heavy (non-hydrogen) atoms. The Morgan fingerprint density at radius 1 is 0.569 bits per heavy atom. The summed E-state index contributed by atoms with van der Waals surface area (Å²) in [5.41, 5.74) is 7.95. The summed E-state index contributed by atoms with van der Waals surface area (Å²) in [6.07, 6.45) is 3.06. The van der Waals surface area contributed by atoms with E-state index in [1.807, 2.05) is 91.0 Å². The maximum absolute atomic E-state index is 10.8. The van der Waals surface area contributed by atoms with Crippen molar-refractivity contribution >= 4 is 54.5 Å². The van der Waals surface area contributed by atoms with Crippen LogP contribution < -0.4 is 0 Å². The molecule has 0 unspecified atom stereocenters. The zero-order chi connectivity index (χ0) is 34.9. The standard InChI is InChI=1S/C47H28N4/c1-2-31(29-49)45(46-38-22-8-6-20-36(38)44(32-15-4-3-5-16-32)37-21-7-9-23-39(37)46)40(27-28-48)41-24-14-17-33(30-50)47(41)51-42-25-12-10-18-34(42)35-19-11-13-26-43(35)51/h2-27H,1H2/b40-27-,45-31-. The lowest BCUT2D eigenvalue weighted by Crippen LogP contribution is -2.05. The van der Waals surface area contributed by atoms with Gasteiger partial charge in [0, 0.05) is 33.6 Å². The smallest absolute Gasteiger partial charge is 0.101 e. The molecular weight excluding hydrogens is 621 g/mol. The fraction of sp³-hybridized carbons (Fsp3) is 0. The van der Waals surface area contributed by atoms with Crippen molar-refractivity contribution < 1.29 is 0 Å². The molecule has 7 aromatic carbocycles. The van der Waals surface area contributed by atoms with E-state index in [0.717, 1.165) is 60.0 Å². The topological polar surface area (TPSA) is 76.3 Å². The Labute approximate surface area is 295 Å². The molecule has 1 heterocycles. The maximum atomic E-state index is 10.8. The zero-order valence-electron chi connectivity index (χ0n) is 27.5. The first-order valence-electron chi connectivity index (χ1n) is 16.6. The van der Waals surface area contributed by atoms with Crippen LogP contribution in [0.4, 0.5) is 0 Å². The summed E-state index contributed by atoms with van der Waals surface area (Å²) in [5.74, 6) is 0. The van der Waals surface area contributed by atoms with Crippen LogP contribution in [0, 0.1) is 34.0 Å².